The first-order valence-corrected chi connectivity index (χ1v) is 11.7. The lowest BCUT2D eigenvalue weighted by molar-refractivity contribution is 0.754. The lowest BCUT2D eigenvalue weighted by Gasteiger charge is -2.37. The summed E-state index contributed by atoms with van der Waals surface area (Å²) in [6, 6.07) is 52.1. The Morgan fingerprint density at radius 1 is 0.412 bits per heavy atom. The second-order valence-corrected chi connectivity index (χ2v) is 8.63. The van der Waals surface area contributed by atoms with Gasteiger partial charge in [-0.15, -0.1) is 0 Å². The molecule has 1 N–H and O–H groups in total. The normalized spacial score (nSPS) is 11.5. The van der Waals surface area contributed by atoms with Crippen molar-refractivity contribution >= 4 is 10.9 Å². The van der Waals surface area contributed by atoms with E-state index in [1.165, 1.54) is 33.2 Å². The van der Waals surface area contributed by atoms with Crippen LogP contribution in [-0.4, -0.2) is 4.98 Å². The van der Waals surface area contributed by atoms with Gasteiger partial charge in [0.1, 0.15) is 0 Å². The lowest BCUT2D eigenvalue weighted by atomic mass is 9.64. The first kappa shape index (κ1) is 20.3. The number of aromatic amines is 1. The molecule has 0 saturated carbocycles. The van der Waals surface area contributed by atoms with Crippen LogP contribution in [0.15, 0.2) is 146 Å². The molecule has 5 aromatic carbocycles. The molecule has 0 aliphatic heterocycles. The average Bonchev–Trinajstić information content (AvgIpc) is 3.32. The minimum atomic E-state index is -0.505. The first-order valence-electron chi connectivity index (χ1n) is 11.7. The van der Waals surface area contributed by atoms with Crippen molar-refractivity contribution in [2.24, 2.45) is 0 Å². The van der Waals surface area contributed by atoms with E-state index in [4.69, 9.17) is 0 Å². The van der Waals surface area contributed by atoms with E-state index in [1.54, 1.807) is 0 Å². The van der Waals surface area contributed by atoms with E-state index < -0.39 is 5.41 Å². The smallest absolute Gasteiger partial charge is 0.0728 e. The second kappa shape index (κ2) is 8.53. The molecule has 0 amide bonds. The van der Waals surface area contributed by atoms with Crippen LogP contribution in [0.25, 0.3) is 22.2 Å². The quantitative estimate of drug-likeness (QED) is 0.263. The zero-order valence-corrected chi connectivity index (χ0v) is 18.9. The van der Waals surface area contributed by atoms with Gasteiger partial charge in [0, 0.05) is 16.5 Å². The van der Waals surface area contributed by atoms with Crippen molar-refractivity contribution < 1.29 is 0 Å². The topological polar surface area (TPSA) is 15.8 Å². The molecule has 0 radical (unpaired) electrons. The third kappa shape index (κ3) is 3.17. The molecule has 1 aromatic heterocycles. The summed E-state index contributed by atoms with van der Waals surface area (Å²) in [6.07, 6.45) is 0. The van der Waals surface area contributed by atoms with Crippen LogP contribution in [0.5, 0.6) is 0 Å². The number of hydrogen-bond donors (Lipinski definition) is 1. The summed E-state index contributed by atoms with van der Waals surface area (Å²) in [5.74, 6) is 0. The van der Waals surface area contributed by atoms with Crippen molar-refractivity contribution in [3.05, 3.63) is 168 Å². The molecule has 0 saturated heterocycles. The Balaban J connectivity index is 1.85. The van der Waals surface area contributed by atoms with Crippen LogP contribution >= 0.6 is 0 Å². The van der Waals surface area contributed by atoms with Gasteiger partial charge in [0.05, 0.1) is 11.1 Å². The van der Waals surface area contributed by atoms with Crippen LogP contribution in [0.4, 0.5) is 0 Å². The molecule has 34 heavy (non-hydrogen) atoms. The first-order chi connectivity index (χ1) is 16.9. The third-order valence-electron chi connectivity index (χ3n) is 6.76. The largest absolute Gasteiger partial charge is 0.354 e. The van der Waals surface area contributed by atoms with Gasteiger partial charge in [0.15, 0.2) is 0 Å². The molecule has 0 aliphatic rings. The summed E-state index contributed by atoms with van der Waals surface area (Å²) in [6.45, 7) is 0. The fourth-order valence-electron chi connectivity index (χ4n) is 5.35. The number of H-pyrrole nitrogens is 1. The molecule has 162 valence electrons. The minimum Gasteiger partial charge on any atom is -0.354 e. The second-order valence-electron chi connectivity index (χ2n) is 8.63. The summed E-state index contributed by atoms with van der Waals surface area (Å²) >= 11 is 0. The van der Waals surface area contributed by atoms with Gasteiger partial charge in [-0.2, -0.15) is 0 Å². The van der Waals surface area contributed by atoms with Crippen molar-refractivity contribution in [3.63, 3.8) is 0 Å². The number of benzene rings is 5. The zero-order chi connectivity index (χ0) is 22.8. The standard InChI is InChI=1S/C33H25N/c1-5-15-25(16-6-1)32-31(29-23-13-14-24-30(29)34-32)33(26-17-7-2-8-18-26,27-19-9-3-10-20-27)28-21-11-4-12-22-28/h1-24,34H. The molecule has 0 bridgehead atoms. The summed E-state index contributed by atoms with van der Waals surface area (Å²) in [5, 5.41) is 1.23. The van der Waals surface area contributed by atoms with Crippen molar-refractivity contribution in [1.29, 1.82) is 0 Å². The number of nitrogens with one attached hydrogen (secondary N) is 1. The number of hydrogen-bond acceptors (Lipinski definition) is 0. The highest BCUT2D eigenvalue weighted by molar-refractivity contribution is 5.94. The minimum absolute atomic E-state index is 0.505. The van der Waals surface area contributed by atoms with Gasteiger partial charge in [0.25, 0.3) is 0 Å². The molecule has 6 aromatic rings. The Morgan fingerprint density at radius 3 is 1.32 bits per heavy atom. The van der Waals surface area contributed by atoms with Gasteiger partial charge >= 0.3 is 0 Å². The number of aromatic nitrogens is 1. The number of fused-ring (bicyclic) bond motifs is 1. The summed E-state index contributed by atoms with van der Waals surface area (Å²) < 4.78 is 0. The fraction of sp³-hybridized carbons (Fsp3) is 0.0303. The van der Waals surface area contributed by atoms with Gasteiger partial charge in [-0.1, -0.05) is 140 Å². The van der Waals surface area contributed by atoms with Gasteiger partial charge in [0.2, 0.25) is 0 Å². The van der Waals surface area contributed by atoms with E-state index in [2.05, 4.69) is 151 Å². The maximum atomic E-state index is 3.80. The van der Waals surface area contributed by atoms with Gasteiger partial charge < -0.3 is 4.98 Å². The molecule has 1 heteroatoms. The third-order valence-corrected chi connectivity index (χ3v) is 6.76. The molecule has 0 aliphatic carbocycles. The molecular formula is C33H25N. The summed E-state index contributed by atoms with van der Waals surface area (Å²) in [7, 11) is 0. The van der Waals surface area contributed by atoms with Crippen LogP contribution in [0.1, 0.15) is 22.3 Å². The number of rotatable bonds is 5. The summed E-state index contributed by atoms with van der Waals surface area (Å²) in [4.78, 5) is 3.80. The van der Waals surface area contributed by atoms with E-state index >= 15 is 0 Å². The highest BCUT2D eigenvalue weighted by Gasteiger charge is 2.42. The Kier molecular flexibility index (Phi) is 5.08. The van der Waals surface area contributed by atoms with Crippen molar-refractivity contribution in [2.45, 2.75) is 5.41 Å². The van der Waals surface area contributed by atoms with Crippen molar-refractivity contribution in [3.8, 4) is 11.3 Å². The zero-order valence-electron chi connectivity index (χ0n) is 18.9. The van der Waals surface area contributed by atoms with Crippen molar-refractivity contribution in [1.82, 2.24) is 4.98 Å². The maximum absolute atomic E-state index is 3.80. The summed E-state index contributed by atoms with van der Waals surface area (Å²) in [5.41, 5.74) is 7.98. The van der Waals surface area contributed by atoms with Gasteiger partial charge in [-0.05, 0) is 28.3 Å². The Bertz CT molecular complexity index is 1420. The molecule has 1 nitrogen and oxygen atoms in total. The Morgan fingerprint density at radius 2 is 0.824 bits per heavy atom. The van der Waals surface area contributed by atoms with E-state index in [1.807, 2.05) is 0 Å². The molecule has 0 atom stereocenters. The molecule has 6 rings (SSSR count). The van der Waals surface area contributed by atoms with E-state index in [0.29, 0.717) is 0 Å². The van der Waals surface area contributed by atoms with Gasteiger partial charge in [-0.25, -0.2) is 0 Å². The Labute approximate surface area is 200 Å². The lowest BCUT2D eigenvalue weighted by Crippen LogP contribution is -2.31. The predicted octanol–water partition coefficient (Wildman–Crippen LogP) is 8.22. The average molecular weight is 436 g/mol. The van der Waals surface area contributed by atoms with E-state index in [9.17, 15) is 0 Å². The molecule has 1 heterocycles. The highest BCUT2D eigenvalue weighted by Crippen LogP contribution is 2.50. The van der Waals surface area contributed by atoms with E-state index in [0.717, 1.165) is 11.2 Å². The fourth-order valence-corrected chi connectivity index (χ4v) is 5.35. The maximum Gasteiger partial charge on any atom is 0.0728 e. The molecular weight excluding hydrogens is 410 g/mol. The van der Waals surface area contributed by atoms with Crippen LogP contribution in [0.2, 0.25) is 0 Å². The molecule has 0 unspecified atom stereocenters. The van der Waals surface area contributed by atoms with Crippen LogP contribution in [0, 0.1) is 0 Å². The molecule has 0 spiro atoms. The van der Waals surface area contributed by atoms with E-state index in [-0.39, 0.29) is 0 Å². The van der Waals surface area contributed by atoms with Crippen molar-refractivity contribution in [2.75, 3.05) is 0 Å². The predicted molar refractivity (Wildman–Crippen MR) is 142 cm³/mol. The number of para-hydroxylation sites is 1. The monoisotopic (exact) mass is 435 g/mol. The Hall–Kier alpha value is -4.36. The van der Waals surface area contributed by atoms with Gasteiger partial charge in [-0.3, -0.25) is 0 Å². The van der Waals surface area contributed by atoms with Crippen LogP contribution in [-0.2, 0) is 5.41 Å². The molecule has 0 fully saturated rings. The van der Waals surface area contributed by atoms with Crippen LogP contribution in [0.3, 0.4) is 0 Å². The van der Waals surface area contributed by atoms with Crippen LogP contribution < -0.4 is 0 Å². The highest BCUT2D eigenvalue weighted by atomic mass is 14.7. The SMILES string of the molecule is c1ccc(-c2[nH]c3ccccc3c2C(c2ccccc2)(c2ccccc2)c2ccccc2)cc1.